The molecule has 7 heteroatoms. The van der Waals surface area contributed by atoms with Gasteiger partial charge in [0.2, 0.25) is 5.91 Å². The van der Waals surface area contributed by atoms with Crippen LogP contribution >= 0.6 is 11.3 Å². The Morgan fingerprint density at radius 1 is 1.16 bits per heavy atom. The van der Waals surface area contributed by atoms with Crippen molar-refractivity contribution in [2.75, 3.05) is 5.32 Å². The molecule has 1 N–H and O–H groups in total. The van der Waals surface area contributed by atoms with Crippen LogP contribution in [0.4, 0.5) is 5.69 Å². The quantitative estimate of drug-likeness (QED) is 0.780. The number of fused-ring (bicyclic) bond motifs is 1. The van der Waals surface area contributed by atoms with Crippen molar-refractivity contribution < 1.29 is 4.79 Å². The van der Waals surface area contributed by atoms with Gasteiger partial charge in [0.1, 0.15) is 11.2 Å². The summed E-state index contributed by atoms with van der Waals surface area (Å²) in [5.41, 5.74) is 2.52. The summed E-state index contributed by atoms with van der Waals surface area (Å²) in [7, 11) is 0. The van der Waals surface area contributed by atoms with Crippen LogP contribution in [0.5, 0.6) is 0 Å². The predicted octanol–water partition coefficient (Wildman–Crippen LogP) is 2.50. The van der Waals surface area contributed by atoms with Crippen molar-refractivity contribution in [3.05, 3.63) is 61.6 Å². The van der Waals surface area contributed by atoms with E-state index < -0.39 is 5.69 Å². The van der Waals surface area contributed by atoms with Crippen molar-refractivity contribution in [1.29, 1.82) is 0 Å². The highest BCUT2D eigenvalue weighted by molar-refractivity contribution is 7.17. The highest BCUT2D eigenvalue weighted by Gasteiger charge is 2.16. The molecule has 6 nitrogen and oxygen atoms in total. The van der Waals surface area contributed by atoms with E-state index in [1.54, 1.807) is 18.4 Å². The van der Waals surface area contributed by atoms with Crippen LogP contribution in [0.1, 0.15) is 18.1 Å². The summed E-state index contributed by atoms with van der Waals surface area (Å²) in [6.45, 7) is 5.77. The van der Waals surface area contributed by atoms with Gasteiger partial charge in [-0.1, -0.05) is 17.7 Å². The van der Waals surface area contributed by atoms with Gasteiger partial charge in [-0.05, 0) is 43.8 Å². The standard InChI is InChI=1S/C18H19N3O3S/c1-4-20-17(23)16-14(7-8-25-16)21(18(20)24)10-15(22)19-13-6-5-11(2)9-12(13)3/h5-9H,4,10H2,1-3H3,(H,19,22). The van der Waals surface area contributed by atoms with E-state index in [-0.39, 0.29) is 24.6 Å². The van der Waals surface area contributed by atoms with Crippen molar-refractivity contribution in [3.63, 3.8) is 0 Å². The zero-order chi connectivity index (χ0) is 18.1. The summed E-state index contributed by atoms with van der Waals surface area (Å²) >= 11 is 1.28. The zero-order valence-corrected chi connectivity index (χ0v) is 15.1. The van der Waals surface area contributed by atoms with Crippen molar-refractivity contribution in [2.24, 2.45) is 0 Å². The average molecular weight is 357 g/mol. The number of nitrogens with zero attached hydrogens (tertiary/aromatic N) is 2. The number of aryl methyl sites for hydroxylation is 2. The molecule has 0 aliphatic heterocycles. The normalized spacial score (nSPS) is 11.0. The maximum atomic E-state index is 12.6. The van der Waals surface area contributed by atoms with E-state index in [0.717, 1.165) is 15.7 Å². The summed E-state index contributed by atoms with van der Waals surface area (Å²) < 4.78 is 3.00. The number of amides is 1. The summed E-state index contributed by atoms with van der Waals surface area (Å²) in [6, 6.07) is 7.45. The summed E-state index contributed by atoms with van der Waals surface area (Å²) in [4.78, 5) is 37.4. The number of rotatable bonds is 4. The third kappa shape index (κ3) is 3.15. The number of hydrogen-bond donors (Lipinski definition) is 1. The van der Waals surface area contributed by atoms with Crippen molar-refractivity contribution in [1.82, 2.24) is 9.13 Å². The lowest BCUT2D eigenvalue weighted by molar-refractivity contribution is -0.116. The van der Waals surface area contributed by atoms with E-state index in [0.29, 0.717) is 15.9 Å². The molecule has 0 atom stereocenters. The van der Waals surface area contributed by atoms with Gasteiger partial charge < -0.3 is 5.32 Å². The summed E-state index contributed by atoms with van der Waals surface area (Å²) in [6.07, 6.45) is 0. The molecule has 25 heavy (non-hydrogen) atoms. The minimum absolute atomic E-state index is 0.139. The number of aromatic nitrogens is 2. The molecule has 2 aromatic heterocycles. The molecule has 0 radical (unpaired) electrons. The predicted molar refractivity (Wildman–Crippen MR) is 101 cm³/mol. The van der Waals surface area contributed by atoms with E-state index in [4.69, 9.17) is 0 Å². The molecule has 0 fully saturated rings. The highest BCUT2D eigenvalue weighted by atomic mass is 32.1. The van der Waals surface area contributed by atoms with Crippen LogP contribution in [0.25, 0.3) is 10.2 Å². The largest absolute Gasteiger partial charge is 0.331 e. The molecule has 0 unspecified atom stereocenters. The maximum Gasteiger partial charge on any atom is 0.331 e. The lowest BCUT2D eigenvalue weighted by Crippen LogP contribution is -2.40. The van der Waals surface area contributed by atoms with Gasteiger partial charge in [0.15, 0.2) is 0 Å². The molecular weight excluding hydrogens is 338 g/mol. The fraction of sp³-hybridized carbons (Fsp3) is 0.278. The zero-order valence-electron chi connectivity index (χ0n) is 14.3. The third-order valence-corrected chi connectivity index (χ3v) is 5.00. The molecule has 0 bridgehead atoms. The third-order valence-electron chi connectivity index (χ3n) is 4.11. The Balaban J connectivity index is 1.97. The van der Waals surface area contributed by atoms with E-state index in [1.165, 1.54) is 15.9 Å². The van der Waals surface area contributed by atoms with Gasteiger partial charge in [0.05, 0.1) is 5.52 Å². The minimum atomic E-state index is -0.464. The molecule has 1 aromatic carbocycles. The first kappa shape index (κ1) is 17.2. The van der Waals surface area contributed by atoms with Crippen molar-refractivity contribution in [3.8, 4) is 0 Å². The van der Waals surface area contributed by atoms with Gasteiger partial charge >= 0.3 is 5.69 Å². The van der Waals surface area contributed by atoms with Gasteiger partial charge in [0, 0.05) is 12.2 Å². The molecule has 0 aliphatic rings. The van der Waals surface area contributed by atoms with Crippen molar-refractivity contribution in [2.45, 2.75) is 33.9 Å². The second-order valence-corrected chi connectivity index (χ2v) is 6.84. The highest BCUT2D eigenvalue weighted by Crippen LogP contribution is 2.17. The van der Waals surface area contributed by atoms with Gasteiger partial charge in [-0.25, -0.2) is 4.79 Å². The molecule has 0 saturated carbocycles. The number of carbonyl (C=O) groups excluding carboxylic acids is 1. The minimum Gasteiger partial charge on any atom is -0.324 e. The smallest absolute Gasteiger partial charge is 0.324 e. The first-order valence-electron chi connectivity index (χ1n) is 8.00. The molecule has 2 heterocycles. The molecule has 3 rings (SSSR count). The number of carbonyl (C=O) groups is 1. The number of thiophene rings is 1. The Hall–Kier alpha value is -2.67. The van der Waals surface area contributed by atoms with Crippen LogP contribution in [0.3, 0.4) is 0 Å². The van der Waals surface area contributed by atoms with E-state index in [1.807, 2.05) is 32.0 Å². The molecular formula is C18H19N3O3S. The Bertz CT molecular complexity index is 1080. The lowest BCUT2D eigenvalue weighted by atomic mass is 10.1. The van der Waals surface area contributed by atoms with E-state index in [2.05, 4.69) is 5.32 Å². The fourth-order valence-electron chi connectivity index (χ4n) is 2.85. The first-order chi connectivity index (χ1) is 11.9. The van der Waals surface area contributed by atoms with Crippen LogP contribution in [-0.2, 0) is 17.9 Å². The Morgan fingerprint density at radius 2 is 1.92 bits per heavy atom. The summed E-state index contributed by atoms with van der Waals surface area (Å²) in [5, 5.41) is 4.59. The lowest BCUT2D eigenvalue weighted by Gasteiger charge is -2.12. The van der Waals surface area contributed by atoms with Crippen LogP contribution in [0, 0.1) is 13.8 Å². The Kier molecular flexibility index (Phi) is 4.59. The Labute approximate surface area is 148 Å². The molecule has 3 aromatic rings. The van der Waals surface area contributed by atoms with E-state index >= 15 is 0 Å². The molecule has 0 spiro atoms. The number of hydrogen-bond acceptors (Lipinski definition) is 4. The molecule has 1 amide bonds. The van der Waals surface area contributed by atoms with Gasteiger partial charge in [-0.15, -0.1) is 11.3 Å². The van der Waals surface area contributed by atoms with Gasteiger partial charge in [-0.3, -0.25) is 18.7 Å². The second kappa shape index (κ2) is 6.68. The summed E-state index contributed by atoms with van der Waals surface area (Å²) in [5.74, 6) is -0.303. The van der Waals surface area contributed by atoms with Crippen LogP contribution in [-0.4, -0.2) is 15.0 Å². The van der Waals surface area contributed by atoms with Gasteiger partial charge in [-0.2, -0.15) is 0 Å². The molecule has 0 aliphatic carbocycles. The van der Waals surface area contributed by atoms with E-state index in [9.17, 15) is 14.4 Å². The van der Waals surface area contributed by atoms with Crippen LogP contribution in [0.2, 0.25) is 0 Å². The maximum absolute atomic E-state index is 12.6. The SMILES string of the molecule is CCn1c(=O)c2sccc2n(CC(=O)Nc2ccc(C)cc2C)c1=O. The number of benzene rings is 1. The monoisotopic (exact) mass is 357 g/mol. The average Bonchev–Trinajstić information content (AvgIpc) is 3.04. The number of nitrogens with one attached hydrogen (secondary N) is 1. The second-order valence-electron chi connectivity index (χ2n) is 5.92. The van der Waals surface area contributed by atoms with Crippen molar-refractivity contribution >= 4 is 33.1 Å². The Morgan fingerprint density at radius 3 is 2.60 bits per heavy atom. The molecule has 130 valence electrons. The number of anilines is 1. The van der Waals surface area contributed by atoms with Gasteiger partial charge in [0.25, 0.3) is 5.56 Å². The van der Waals surface area contributed by atoms with Crippen LogP contribution in [0.15, 0.2) is 39.2 Å². The fourth-order valence-corrected chi connectivity index (χ4v) is 3.70. The topological polar surface area (TPSA) is 73.1 Å². The first-order valence-corrected chi connectivity index (χ1v) is 8.88. The van der Waals surface area contributed by atoms with Crippen LogP contribution < -0.4 is 16.6 Å². The molecule has 0 saturated heterocycles.